The lowest BCUT2D eigenvalue weighted by molar-refractivity contribution is -0.149. The van der Waals surface area contributed by atoms with E-state index in [2.05, 4.69) is 4.99 Å². The minimum atomic E-state index is -3.94. The standard InChI is InChI=1S/C37H48N7O7P/c1-25(38)33(45)43-21-9-15-31(43)34(46)44(52(50,23-27-10-4-2-5-11-27)24-28-12-6-3-7-13-28)32(35(47)48)22-26-16-18-29(19-17-26)51-36(49)30(39)14-8-20-42-37(40)41/h2-7,10-13,16-19,25,30-32H,8-9,14-15,20-24,38-39H2,1H3,(H,47,48)(H4,40,41,42)/t25-,30-,31-,32-/m0/s1. The van der Waals surface area contributed by atoms with E-state index in [0.29, 0.717) is 36.1 Å². The molecule has 0 saturated carbocycles. The third-order valence-corrected chi connectivity index (χ3v) is 11.8. The molecule has 0 aromatic heterocycles. The Morgan fingerprint density at radius 1 is 0.923 bits per heavy atom. The first-order valence-electron chi connectivity index (χ1n) is 17.2. The largest absolute Gasteiger partial charge is 0.480 e. The van der Waals surface area contributed by atoms with Gasteiger partial charge in [-0.05, 0) is 61.4 Å². The lowest BCUT2D eigenvalue weighted by Gasteiger charge is -2.39. The number of likely N-dealkylation sites (tertiary alicyclic amines) is 1. The van der Waals surface area contributed by atoms with Crippen LogP contribution in [0.2, 0.25) is 0 Å². The highest BCUT2D eigenvalue weighted by molar-refractivity contribution is 7.60. The summed E-state index contributed by atoms with van der Waals surface area (Å²) in [5.41, 5.74) is 24.4. The fourth-order valence-electron chi connectivity index (χ4n) is 6.26. The van der Waals surface area contributed by atoms with Crippen LogP contribution in [0.4, 0.5) is 0 Å². The Kier molecular flexibility index (Phi) is 14.1. The summed E-state index contributed by atoms with van der Waals surface area (Å²) in [5, 5.41) is 10.8. The van der Waals surface area contributed by atoms with E-state index < -0.39 is 55.2 Å². The highest BCUT2D eigenvalue weighted by atomic mass is 31.2. The number of carbonyl (C=O) groups is 4. The van der Waals surface area contributed by atoms with Gasteiger partial charge in [0.1, 0.15) is 23.9 Å². The molecule has 3 aromatic rings. The Balaban J connectivity index is 1.68. The van der Waals surface area contributed by atoms with Gasteiger partial charge in [-0.25, -0.2) is 9.59 Å². The number of rotatable bonds is 17. The molecule has 4 atom stereocenters. The van der Waals surface area contributed by atoms with Gasteiger partial charge in [0, 0.05) is 31.8 Å². The average Bonchev–Trinajstić information content (AvgIpc) is 3.61. The van der Waals surface area contributed by atoms with Crippen LogP contribution in [0.1, 0.15) is 49.3 Å². The summed E-state index contributed by atoms with van der Waals surface area (Å²) < 4.78 is 22.1. The van der Waals surface area contributed by atoms with Crippen molar-refractivity contribution in [1.82, 2.24) is 9.57 Å². The summed E-state index contributed by atoms with van der Waals surface area (Å²) in [6.45, 7) is 2.11. The number of nitrogens with zero attached hydrogens (tertiary/aromatic N) is 3. The number of nitrogens with two attached hydrogens (primary N) is 4. The summed E-state index contributed by atoms with van der Waals surface area (Å²) in [5.74, 6) is -3.04. The van der Waals surface area contributed by atoms with E-state index in [1.54, 1.807) is 60.7 Å². The van der Waals surface area contributed by atoms with Crippen molar-refractivity contribution in [3.63, 3.8) is 0 Å². The number of amides is 2. The monoisotopic (exact) mass is 733 g/mol. The smallest absolute Gasteiger partial charge is 0.328 e. The molecule has 278 valence electrons. The summed E-state index contributed by atoms with van der Waals surface area (Å²) in [7, 11) is -3.94. The molecule has 1 saturated heterocycles. The van der Waals surface area contributed by atoms with Gasteiger partial charge >= 0.3 is 11.9 Å². The van der Waals surface area contributed by atoms with Gasteiger partial charge in [0.2, 0.25) is 5.91 Å². The number of carbonyl (C=O) groups excluding carboxylic acids is 3. The molecule has 1 heterocycles. The molecular formula is C37H48N7O7P. The molecule has 0 spiro atoms. The quantitative estimate of drug-likeness (QED) is 0.0338. The van der Waals surface area contributed by atoms with E-state index in [-0.39, 0.29) is 49.8 Å². The molecule has 1 aliphatic heterocycles. The fraction of sp³-hybridized carbons (Fsp3) is 0.378. The number of aliphatic imine (C=N–C) groups is 1. The molecular weight excluding hydrogens is 685 g/mol. The minimum Gasteiger partial charge on any atom is -0.480 e. The molecule has 14 nitrogen and oxygen atoms in total. The highest BCUT2D eigenvalue weighted by Gasteiger charge is 2.48. The van der Waals surface area contributed by atoms with Gasteiger partial charge < -0.3 is 37.7 Å². The predicted molar refractivity (Wildman–Crippen MR) is 198 cm³/mol. The van der Waals surface area contributed by atoms with Crippen LogP contribution < -0.4 is 27.7 Å². The molecule has 0 bridgehead atoms. The number of carboxylic acids is 1. The molecule has 1 fully saturated rings. The zero-order valence-corrected chi connectivity index (χ0v) is 30.1. The van der Waals surface area contributed by atoms with Crippen LogP contribution in [0.25, 0.3) is 0 Å². The van der Waals surface area contributed by atoms with Crippen LogP contribution in [0, 0.1) is 0 Å². The predicted octanol–water partition coefficient (Wildman–Crippen LogP) is 2.81. The van der Waals surface area contributed by atoms with E-state index >= 15 is 4.57 Å². The zero-order chi connectivity index (χ0) is 37.8. The van der Waals surface area contributed by atoms with Crippen LogP contribution in [-0.4, -0.2) is 81.6 Å². The maximum Gasteiger partial charge on any atom is 0.328 e. The van der Waals surface area contributed by atoms with Crippen molar-refractivity contribution in [2.75, 3.05) is 13.1 Å². The van der Waals surface area contributed by atoms with Gasteiger partial charge in [0.05, 0.1) is 6.04 Å². The first-order chi connectivity index (χ1) is 24.8. The van der Waals surface area contributed by atoms with E-state index in [1.807, 2.05) is 12.1 Å². The first-order valence-corrected chi connectivity index (χ1v) is 19.2. The highest BCUT2D eigenvalue weighted by Crippen LogP contribution is 2.57. The zero-order valence-electron chi connectivity index (χ0n) is 29.3. The molecule has 0 aliphatic carbocycles. The Morgan fingerprint density at radius 2 is 1.50 bits per heavy atom. The van der Waals surface area contributed by atoms with Crippen molar-refractivity contribution in [1.29, 1.82) is 0 Å². The minimum absolute atomic E-state index is 0.0547. The van der Waals surface area contributed by atoms with Gasteiger partial charge in [-0.1, -0.05) is 72.8 Å². The van der Waals surface area contributed by atoms with Crippen LogP contribution in [0.3, 0.4) is 0 Å². The molecule has 3 aromatic carbocycles. The second-order valence-electron chi connectivity index (χ2n) is 13.0. The average molecular weight is 734 g/mol. The number of guanidine groups is 1. The number of aliphatic carboxylic acids is 1. The molecule has 1 aliphatic rings. The van der Waals surface area contributed by atoms with Crippen molar-refractivity contribution < 1.29 is 33.6 Å². The molecule has 52 heavy (non-hydrogen) atoms. The van der Waals surface area contributed by atoms with E-state index in [1.165, 1.54) is 24.0 Å². The second kappa shape index (κ2) is 18.5. The van der Waals surface area contributed by atoms with Crippen molar-refractivity contribution in [2.45, 2.75) is 75.5 Å². The van der Waals surface area contributed by atoms with Crippen molar-refractivity contribution >= 4 is 37.0 Å². The molecule has 9 N–H and O–H groups in total. The van der Waals surface area contributed by atoms with Crippen LogP contribution in [-0.2, 0) is 42.5 Å². The van der Waals surface area contributed by atoms with Gasteiger partial charge in [-0.2, -0.15) is 0 Å². The summed E-state index contributed by atoms with van der Waals surface area (Å²) in [6, 6.07) is 19.7. The molecule has 0 unspecified atom stereocenters. The molecule has 2 amide bonds. The number of hydrogen-bond acceptors (Lipinski definition) is 9. The van der Waals surface area contributed by atoms with Crippen molar-refractivity contribution in [2.24, 2.45) is 27.9 Å². The van der Waals surface area contributed by atoms with E-state index in [9.17, 15) is 24.3 Å². The van der Waals surface area contributed by atoms with Crippen LogP contribution >= 0.6 is 7.29 Å². The normalized spacial score (nSPS) is 16.0. The second-order valence-corrected chi connectivity index (χ2v) is 15.7. The van der Waals surface area contributed by atoms with Crippen molar-refractivity contribution in [3.8, 4) is 5.75 Å². The topological polar surface area (TPSA) is 238 Å². The number of esters is 1. The Morgan fingerprint density at radius 3 is 2.02 bits per heavy atom. The number of hydrogen-bond donors (Lipinski definition) is 5. The summed E-state index contributed by atoms with van der Waals surface area (Å²) in [6.07, 6.45) is 1.13. The van der Waals surface area contributed by atoms with Gasteiger partial charge in [-0.15, -0.1) is 0 Å². The molecule has 15 heteroatoms. The number of ether oxygens (including phenoxy) is 1. The lowest BCUT2D eigenvalue weighted by atomic mass is 10.0. The lowest BCUT2D eigenvalue weighted by Crippen LogP contribution is -2.54. The van der Waals surface area contributed by atoms with Crippen LogP contribution in [0.15, 0.2) is 89.9 Å². The molecule has 4 rings (SSSR count). The van der Waals surface area contributed by atoms with E-state index in [0.717, 1.165) is 4.67 Å². The third-order valence-electron chi connectivity index (χ3n) is 8.80. The Hall–Kier alpha value is -5.04. The molecule has 0 radical (unpaired) electrons. The first kappa shape index (κ1) is 39.7. The maximum absolute atomic E-state index is 15.6. The third kappa shape index (κ3) is 10.7. The Bertz CT molecular complexity index is 1710. The van der Waals surface area contributed by atoms with Gasteiger partial charge in [0.25, 0.3) is 5.91 Å². The van der Waals surface area contributed by atoms with Gasteiger partial charge in [-0.3, -0.25) is 23.8 Å². The van der Waals surface area contributed by atoms with Crippen LogP contribution in [0.5, 0.6) is 5.75 Å². The summed E-state index contributed by atoms with van der Waals surface area (Å²) >= 11 is 0. The van der Waals surface area contributed by atoms with Gasteiger partial charge in [0.15, 0.2) is 13.3 Å². The SMILES string of the molecule is C[C@H](N)C(=O)N1CCC[C@H]1C(=O)N([C@@H](Cc1ccc(OC(=O)[C@@H](N)CCCN=C(N)N)cc1)C(=O)O)P(=O)(Cc1ccccc1)Cc1ccccc1. The maximum atomic E-state index is 15.6. The van der Waals surface area contributed by atoms with Crippen molar-refractivity contribution in [3.05, 3.63) is 102 Å². The number of carboxylic acid groups (broad SMARTS) is 1. The van der Waals surface area contributed by atoms with E-state index in [4.69, 9.17) is 27.7 Å². The Labute approximate surface area is 303 Å². The number of benzene rings is 3. The summed E-state index contributed by atoms with van der Waals surface area (Å²) in [4.78, 5) is 59.0. The fourth-order valence-corrected chi connectivity index (χ4v) is 9.42.